The van der Waals surface area contributed by atoms with Gasteiger partial charge in [0, 0.05) is 9.90 Å². The van der Waals surface area contributed by atoms with Gasteiger partial charge >= 0.3 is 6.16 Å². The second kappa shape index (κ2) is 7.59. The zero-order valence-corrected chi connectivity index (χ0v) is 16.4. The maximum atomic E-state index is 12.7. The molecule has 0 unspecified atom stereocenters. The molecule has 3 rings (SSSR count). The molecule has 3 aromatic rings. The van der Waals surface area contributed by atoms with Gasteiger partial charge in [0.2, 0.25) is 5.06 Å². The van der Waals surface area contributed by atoms with Crippen molar-refractivity contribution in [3.8, 4) is 15.5 Å². The number of benzene rings is 2. The third-order valence-corrected chi connectivity index (χ3v) is 6.47. The fraction of sp³-hybridized carbons (Fsp3) is 0.0556. The molecule has 9 heteroatoms. The van der Waals surface area contributed by atoms with E-state index < -0.39 is 16.2 Å². The normalized spacial score (nSPS) is 11.2. The van der Waals surface area contributed by atoms with Crippen molar-refractivity contribution >= 4 is 44.8 Å². The molecule has 0 saturated carbocycles. The molecule has 1 aromatic heterocycles. The molecule has 2 aromatic carbocycles. The van der Waals surface area contributed by atoms with Crippen LogP contribution in [0, 0.1) is 6.92 Å². The summed E-state index contributed by atoms with van der Waals surface area (Å²) < 4.78 is 32.6. The SMILES string of the molecule is Cc1ccccc1S(=O)(=O)Nc1cc(-c2ccc(Cl)cc2)sc1OC(=O)O. The molecule has 0 amide bonds. The average Bonchev–Trinajstić information content (AvgIpc) is 2.97. The summed E-state index contributed by atoms with van der Waals surface area (Å²) in [5.74, 6) is 0. The minimum Gasteiger partial charge on any atom is -0.449 e. The molecule has 1 heterocycles. The molecule has 0 atom stereocenters. The molecular formula is C18H14ClNO5S2. The lowest BCUT2D eigenvalue weighted by atomic mass is 10.2. The van der Waals surface area contributed by atoms with E-state index >= 15 is 0 Å². The van der Waals surface area contributed by atoms with Crippen LogP contribution in [0.25, 0.3) is 10.4 Å². The van der Waals surface area contributed by atoms with Gasteiger partial charge in [-0.25, -0.2) is 13.2 Å². The number of carbonyl (C=O) groups is 1. The van der Waals surface area contributed by atoms with Gasteiger partial charge in [-0.2, -0.15) is 0 Å². The first-order valence-electron chi connectivity index (χ1n) is 7.65. The van der Waals surface area contributed by atoms with Gasteiger partial charge in [-0.15, -0.1) is 0 Å². The van der Waals surface area contributed by atoms with Crippen LogP contribution in [0.1, 0.15) is 5.56 Å². The Balaban J connectivity index is 2.02. The van der Waals surface area contributed by atoms with Crippen molar-refractivity contribution in [1.82, 2.24) is 0 Å². The summed E-state index contributed by atoms with van der Waals surface area (Å²) in [7, 11) is -3.92. The minimum atomic E-state index is -3.92. The molecule has 6 nitrogen and oxygen atoms in total. The number of ether oxygens (including phenoxy) is 1. The van der Waals surface area contributed by atoms with Gasteiger partial charge in [-0.05, 0) is 42.3 Å². The van der Waals surface area contributed by atoms with E-state index in [9.17, 15) is 13.2 Å². The lowest BCUT2D eigenvalue weighted by molar-refractivity contribution is 0.146. The van der Waals surface area contributed by atoms with Crippen molar-refractivity contribution in [2.45, 2.75) is 11.8 Å². The van der Waals surface area contributed by atoms with Crippen LogP contribution >= 0.6 is 22.9 Å². The van der Waals surface area contributed by atoms with Crippen LogP contribution in [0.5, 0.6) is 5.06 Å². The van der Waals surface area contributed by atoms with Gasteiger partial charge < -0.3 is 9.84 Å². The van der Waals surface area contributed by atoms with Crippen LogP contribution in [0.15, 0.2) is 59.5 Å². The Morgan fingerprint density at radius 2 is 1.81 bits per heavy atom. The second-order valence-corrected chi connectivity index (χ2v) is 8.66. The maximum absolute atomic E-state index is 12.7. The fourth-order valence-electron chi connectivity index (χ4n) is 2.41. The van der Waals surface area contributed by atoms with Gasteiger partial charge in [0.15, 0.2) is 0 Å². The van der Waals surface area contributed by atoms with E-state index in [1.165, 1.54) is 12.1 Å². The highest BCUT2D eigenvalue weighted by atomic mass is 35.5. The van der Waals surface area contributed by atoms with E-state index in [2.05, 4.69) is 4.72 Å². The highest BCUT2D eigenvalue weighted by Gasteiger charge is 2.22. The van der Waals surface area contributed by atoms with Gasteiger partial charge in [0.25, 0.3) is 10.0 Å². The number of carboxylic acid groups (broad SMARTS) is 1. The number of rotatable bonds is 5. The molecule has 0 saturated heterocycles. The predicted octanol–water partition coefficient (Wildman–Crippen LogP) is 5.23. The molecule has 0 aliphatic heterocycles. The van der Waals surface area contributed by atoms with Crippen molar-refractivity contribution in [2.75, 3.05) is 4.72 Å². The van der Waals surface area contributed by atoms with Crippen LogP contribution < -0.4 is 9.46 Å². The molecule has 0 aliphatic carbocycles. The molecule has 0 bridgehead atoms. The average molecular weight is 424 g/mol. The summed E-state index contributed by atoms with van der Waals surface area (Å²) in [4.78, 5) is 11.7. The van der Waals surface area contributed by atoms with E-state index in [4.69, 9.17) is 21.4 Å². The minimum absolute atomic E-state index is 0.0515. The van der Waals surface area contributed by atoms with Crippen molar-refractivity contribution in [3.63, 3.8) is 0 Å². The lowest BCUT2D eigenvalue weighted by Gasteiger charge is -2.10. The summed E-state index contributed by atoms with van der Waals surface area (Å²) >= 11 is 6.90. The summed E-state index contributed by atoms with van der Waals surface area (Å²) in [5.41, 5.74) is 1.37. The number of nitrogens with one attached hydrogen (secondary N) is 1. The fourth-order valence-corrected chi connectivity index (χ4v) is 4.87. The Morgan fingerprint density at radius 3 is 2.44 bits per heavy atom. The Hall–Kier alpha value is -2.55. The highest BCUT2D eigenvalue weighted by Crippen LogP contribution is 2.42. The topological polar surface area (TPSA) is 92.7 Å². The summed E-state index contributed by atoms with van der Waals surface area (Å²) in [6.45, 7) is 1.68. The van der Waals surface area contributed by atoms with Gasteiger partial charge in [0.1, 0.15) is 5.69 Å². The van der Waals surface area contributed by atoms with Crippen LogP contribution in [-0.2, 0) is 10.0 Å². The second-order valence-electron chi connectivity index (χ2n) is 5.56. The number of sulfonamides is 1. The van der Waals surface area contributed by atoms with E-state index in [-0.39, 0.29) is 15.6 Å². The summed E-state index contributed by atoms with van der Waals surface area (Å²) in [6, 6.07) is 14.9. The maximum Gasteiger partial charge on any atom is 0.512 e. The van der Waals surface area contributed by atoms with Crippen molar-refractivity contribution in [3.05, 3.63) is 65.2 Å². The lowest BCUT2D eigenvalue weighted by Crippen LogP contribution is -2.15. The van der Waals surface area contributed by atoms with E-state index in [0.29, 0.717) is 15.5 Å². The first kappa shape index (κ1) is 19.2. The van der Waals surface area contributed by atoms with Crippen molar-refractivity contribution < 1.29 is 23.1 Å². The van der Waals surface area contributed by atoms with Crippen LogP contribution in [0.3, 0.4) is 0 Å². The molecular weight excluding hydrogens is 410 g/mol. The molecule has 2 N–H and O–H groups in total. The van der Waals surface area contributed by atoms with E-state index in [0.717, 1.165) is 16.9 Å². The zero-order chi connectivity index (χ0) is 19.6. The first-order valence-corrected chi connectivity index (χ1v) is 10.3. The Morgan fingerprint density at radius 1 is 1.15 bits per heavy atom. The Bertz CT molecular complexity index is 1090. The smallest absolute Gasteiger partial charge is 0.449 e. The summed E-state index contributed by atoms with van der Waals surface area (Å²) in [6.07, 6.45) is -1.53. The molecule has 27 heavy (non-hydrogen) atoms. The Kier molecular flexibility index (Phi) is 5.41. The quantitative estimate of drug-likeness (QED) is 0.548. The number of aryl methyl sites for hydroxylation is 1. The molecule has 0 spiro atoms. The predicted molar refractivity (Wildman–Crippen MR) is 105 cm³/mol. The number of anilines is 1. The van der Waals surface area contributed by atoms with Crippen molar-refractivity contribution in [2.24, 2.45) is 0 Å². The standard InChI is InChI=1S/C18H14ClNO5S2/c1-11-4-2-3-5-16(11)27(23,24)20-14-10-15(26-17(14)25-18(21)22)12-6-8-13(19)9-7-12/h2-10,20H,1H3,(H,21,22). The zero-order valence-electron chi connectivity index (χ0n) is 14.0. The van der Waals surface area contributed by atoms with Gasteiger partial charge in [0.05, 0.1) is 4.90 Å². The van der Waals surface area contributed by atoms with Crippen LogP contribution in [0.2, 0.25) is 5.02 Å². The van der Waals surface area contributed by atoms with Gasteiger partial charge in [-0.1, -0.05) is 53.3 Å². The van der Waals surface area contributed by atoms with Crippen LogP contribution in [0.4, 0.5) is 10.5 Å². The third kappa shape index (κ3) is 4.41. The van der Waals surface area contributed by atoms with Gasteiger partial charge in [-0.3, -0.25) is 4.72 Å². The monoisotopic (exact) mass is 423 g/mol. The van der Waals surface area contributed by atoms with E-state index in [1.807, 2.05) is 0 Å². The number of hydrogen-bond donors (Lipinski definition) is 2. The largest absolute Gasteiger partial charge is 0.512 e. The van der Waals surface area contributed by atoms with E-state index in [1.54, 1.807) is 49.4 Å². The highest BCUT2D eigenvalue weighted by molar-refractivity contribution is 7.92. The summed E-state index contributed by atoms with van der Waals surface area (Å²) in [5, 5.41) is 9.45. The molecule has 0 aliphatic rings. The number of halogens is 1. The first-order chi connectivity index (χ1) is 12.8. The molecule has 0 radical (unpaired) electrons. The molecule has 0 fully saturated rings. The van der Waals surface area contributed by atoms with Crippen LogP contribution in [-0.4, -0.2) is 19.7 Å². The number of thiophene rings is 1. The third-order valence-electron chi connectivity index (χ3n) is 3.63. The van der Waals surface area contributed by atoms with Crippen molar-refractivity contribution in [1.29, 1.82) is 0 Å². The number of hydrogen-bond acceptors (Lipinski definition) is 5. The molecule has 140 valence electrons. The Labute approximate surface area is 165 Å².